The summed E-state index contributed by atoms with van der Waals surface area (Å²) in [6, 6.07) is 0. The number of allylic oxidation sites excluding steroid dienone is 2. The van der Waals surface area contributed by atoms with Crippen LogP contribution in [0, 0.1) is 6.92 Å². The molecule has 1 heterocycles. The van der Waals surface area contributed by atoms with Gasteiger partial charge in [-0.15, -0.1) is 0 Å². The lowest BCUT2D eigenvalue weighted by molar-refractivity contribution is -0.120. The Hall–Kier alpha value is -2.50. The number of methoxy groups -OCH3 is 1. The lowest BCUT2D eigenvalue weighted by Gasteiger charge is -2.15. The number of carbonyl (C=O) groups excluding carboxylic acids is 2. The molecule has 0 aliphatic carbocycles. The molecule has 1 aromatic carbocycles. The molecule has 0 radical (unpaired) electrons. The average molecular weight is 333 g/mol. The van der Waals surface area contributed by atoms with Gasteiger partial charge in [0, 0.05) is 24.6 Å². The minimum atomic E-state index is -0.505. The number of esters is 1. The van der Waals surface area contributed by atoms with Gasteiger partial charge in [-0.3, -0.25) is 4.79 Å². The zero-order valence-corrected chi connectivity index (χ0v) is 14.5. The average Bonchev–Trinajstić information content (AvgIpc) is 2.96. The number of aromatic hydroxyl groups is 1. The molecule has 0 spiro atoms. The molecule has 6 nitrogen and oxygen atoms in total. The molecule has 1 aromatic rings. The van der Waals surface area contributed by atoms with Crippen LogP contribution < -0.4 is 10.1 Å². The number of nitrogens with one attached hydrogen (secondary N) is 1. The van der Waals surface area contributed by atoms with Gasteiger partial charge in [0.15, 0.2) is 0 Å². The first-order chi connectivity index (χ1) is 11.4. The predicted octanol–water partition coefficient (Wildman–Crippen LogP) is 2.39. The van der Waals surface area contributed by atoms with E-state index in [1.54, 1.807) is 7.05 Å². The molecule has 0 aromatic heterocycles. The smallest absolute Gasteiger partial charge is 0.342 e. The number of hydrogen-bond donors (Lipinski definition) is 2. The molecule has 0 saturated heterocycles. The Bertz CT molecular complexity index is 706. The Morgan fingerprint density at radius 3 is 2.75 bits per heavy atom. The molecule has 24 heavy (non-hydrogen) atoms. The molecule has 1 amide bonds. The van der Waals surface area contributed by atoms with Crippen LogP contribution in [0.2, 0.25) is 0 Å². The normalized spacial score (nSPS) is 13.5. The van der Waals surface area contributed by atoms with Gasteiger partial charge in [-0.1, -0.05) is 11.6 Å². The highest BCUT2D eigenvalue weighted by Gasteiger charge is 2.31. The summed E-state index contributed by atoms with van der Waals surface area (Å²) >= 11 is 0. The molecule has 0 fully saturated rings. The van der Waals surface area contributed by atoms with Crippen LogP contribution in [0.1, 0.15) is 46.8 Å². The maximum atomic E-state index is 11.9. The number of phenolic OH excluding ortho intramolecular Hbond substituents is 1. The summed E-state index contributed by atoms with van der Waals surface area (Å²) in [4.78, 5) is 23.2. The predicted molar refractivity (Wildman–Crippen MR) is 89.3 cm³/mol. The minimum absolute atomic E-state index is 0.0145. The summed E-state index contributed by atoms with van der Waals surface area (Å²) in [7, 11) is 3.15. The van der Waals surface area contributed by atoms with Crippen LogP contribution in [0.5, 0.6) is 11.5 Å². The molecule has 0 atom stereocenters. The van der Waals surface area contributed by atoms with Crippen LogP contribution in [0.15, 0.2) is 11.6 Å². The van der Waals surface area contributed by atoms with E-state index >= 15 is 0 Å². The molecule has 2 rings (SSSR count). The Morgan fingerprint density at radius 1 is 1.42 bits per heavy atom. The molecule has 6 heteroatoms. The van der Waals surface area contributed by atoms with Crippen molar-refractivity contribution in [1.29, 1.82) is 0 Å². The van der Waals surface area contributed by atoms with Crippen molar-refractivity contribution in [2.24, 2.45) is 0 Å². The minimum Gasteiger partial charge on any atom is -0.507 e. The van der Waals surface area contributed by atoms with Crippen LogP contribution in [0.3, 0.4) is 0 Å². The summed E-state index contributed by atoms with van der Waals surface area (Å²) in [5, 5.41) is 13.1. The van der Waals surface area contributed by atoms with E-state index < -0.39 is 5.97 Å². The number of hydrogen-bond acceptors (Lipinski definition) is 5. The van der Waals surface area contributed by atoms with E-state index in [1.165, 1.54) is 7.11 Å². The Labute approximate surface area is 141 Å². The van der Waals surface area contributed by atoms with E-state index in [0.717, 1.165) is 11.1 Å². The van der Waals surface area contributed by atoms with Gasteiger partial charge in [0.05, 0.1) is 7.11 Å². The Morgan fingerprint density at radius 2 is 2.12 bits per heavy atom. The highest BCUT2D eigenvalue weighted by Crippen LogP contribution is 2.41. The fourth-order valence-corrected chi connectivity index (χ4v) is 2.84. The molecule has 0 unspecified atom stereocenters. The van der Waals surface area contributed by atoms with Crippen molar-refractivity contribution in [3.63, 3.8) is 0 Å². The Balaban J connectivity index is 2.30. The van der Waals surface area contributed by atoms with Gasteiger partial charge < -0.3 is 19.9 Å². The number of fused-ring (bicyclic) bond motifs is 1. The Kier molecular flexibility index (Phi) is 5.49. The standard InChI is InChI=1S/C18H23NO5/c1-10(6-8-14(20)19-3)5-7-12-16(21)15-13(9-24-18(15)22)11(2)17(12)23-4/h5,21H,6-9H2,1-4H3,(H,19,20). The van der Waals surface area contributed by atoms with Crippen molar-refractivity contribution in [3.8, 4) is 11.5 Å². The van der Waals surface area contributed by atoms with E-state index in [-0.39, 0.29) is 23.8 Å². The second-order valence-electron chi connectivity index (χ2n) is 5.84. The fourth-order valence-electron chi connectivity index (χ4n) is 2.84. The quantitative estimate of drug-likeness (QED) is 0.617. The van der Waals surface area contributed by atoms with Gasteiger partial charge in [0.25, 0.3) is 0 Å². The number of phenols is 1. The molecule has 0 bridgehead atoms. The number of benzene rings is 1. The van der Waals surface area contributed by atoms with Crippen molar-refractivity contribution in [2.75, 3.05) is 14.2 Å². The molecule has 130 valence electrons. The van der Waals surface area contributed by atoms with Crippen LogP contribution >= 0.6 is 0 Å². The molecular weight excluding hydrogens is 310 g/mol. The van der Waals surface area contributed by atoms with Crippen molar-refractivity contribution < 1.29 is 24.2 Å². The largest absolute Gasteiger partial charge is 0.507 e. The lowest BCUT2D eigenvalue weighted by atomic mass is 9.94. The summed E-state index contributed by atoms with van der Waals surface area (Å²) in [5.41, 5.74) is 3.31. The first-order valence-electron chi connectivity index (χ1n) is 7.85. The zero-order chi connectivity index (χ0) is 17.9. The van der Waals surface area contributed by atoms with Crippen LogP contribution in [0.4, 0.5) is 0 Å². The maximum absolute atomic E-state index is 11.9. The number of rotatable bonds is 6. The van der Waals surface area contributed by atoms with Crippen LogP contribution in [-0.2, 0) is 22.6 Å². The van der Waals surface area contributed by atoms with Crippen LogP contribution in [0.25, 0.3) is 0 Å². The monoisotopic (exact) mass is 333 g/mol. The number of amides is 1. The van der Waals surface area contributed by atoms with E-state index in [1.807, 2.05) is 19.9 Å². The third kappa shape index (κ3) is 3.37. The van der Waals surface area contributed by atoms with Crippen molar-refractivity contribution in [3.05, 3.63) is 33.9 Å². The number of carbonyl (C=O) groups is 2. The van der Waals surface area contributed by atoms with Gasteiger partial charge in [-0.25, -0.2) is 4.79 Å². The van der Waals surface area contributed by atoms with Gasteiger partial charge in [0.2, 0.25) is 5.91 Å². The molecule has 1 aliphatic heterocycles. The van der Waals surface area contributed by atoms with E-state index in [0.29, 0.717) is 36.1 Å². The van der Waals surface area contributed by atoms with Gasteiger partial charge >= 0.3 is 5.97 Å². The SMILES string of the molecule is CNC(=O)CCC(C)=CCc1c(O)c2c(c(C)c1OC)COC2=O. The maximum Gasteiger partial charge on any atom is 0.342 e. The van der Waals surface area contributed by atoms with E-state index in [4.69, 9.17) is 9.47 Å². The molecule has 1 aliphatic rings. The zero-order valence-electron chi connectivity index (χ0n) is 14.5. The third-order valence-electron chi connectivity index (χ3n) is 4.33. The highest BCUT2D eigenvalue weighted by molar-refractivity contribution is 5.98. The molecule has 0 saturated carbocycles. The van der Waals surface area contributed by atoms with Gasteiger partial charge in [0.1, 0.15) is 23.7 Å². The third-order valence-corrected chi connectivity index (χ3v) is 4.33. The lowest BCUT2D eigenvalue weighted by Crippen LogP contribution is -2.17. The highest BCUT2D eigenvalue weighted by atomic mass is 16.5. The summed E-state index contributed by atoms with van der Waals surface area (Å²) < 4.78 is 10.5. The van der Waals surface area contributed by atoms with E-state index in [9.17, 15) is 14.7 Å². The summed E-state index contributed by atoms with van der Waals surface area (Å²) in [5.74, 6) is -0.0284. The second-order valence-corrected chi connectivity index (χ2v) is 5.84. The summed E-state index contributed by atoms with van der Waals surface area (Å²) in [6.07, 6.45) is 3.40. The second kappa shape index (κ2) is 7.38. The topological polar surface area (TPSA) is 84.9 Å². The number of ether oxygens (including phenoxy) is 2. The van der Waals surface area contributed by atoms with Crippen LogP contribution in [-0.4, -0.2) is 31.1 Å². The molecule has 2 N–H and O–H groups in total. The van der Waals surface area contributed by atoms with Crippen molar-refractivity contribution >= 4 is 11.9 Å². The van der Waals surface area contributed by atoms with Gasteiger partial charge in [-0.2, -0.15) is 0 Å². The summed E-state index contributed by atoms with van der Waals surface area (Å²) in [6.45, 7) is 3.94. The fraction of sp³-hybridized carbons (Fsp3) is 0.444. The van der Waals surface area contributed by atoms with Gasteiger partial charge in [-0.05, 0) is 32.3 Å². The number of cyclic esters (lactones) is 1. The first-order valence-corrected chi connectivity index (χ1v) is 7.85. The molecular formula is C18H23NO5. The van der Waals surface area contributed by atoms with Crippen molar-refractivity contribution in [2.45, 2.75) is 39.7 Å². The van der Waals surface area contributed by atoms with Crippen molar-refractivity contribution in [1.82, 2.24) is 5.32 Å². The first kappa shape index (κ1) is 17.8. The van der Waals surface area contributed by atoms with E-state index in [2.05, 4.69) is 5.32 Å².